The molecule has 0 unspecified atom stereocenters. The summed E-state index contributed by atoms with van der Waals surface area (Å²) in [5.41, 5.74) is 3.48. The van der Waals surface area contributed by atoms with Gasteiger partial charge < -0.3 is 4.74 Å². The van der Waals surface area contributed by atoms with Gasteiger partial charge >= 0.3 is 5.97 Å². The second-order valence-corrected chi connectivity index (χ2v) is 3.66. The maximum Gasteiger partial charge on any atom is 0.338 e. The lowest BCUT2D eigenvalue weighted by Gasteiger charge is -2.11. The summed E-state index contributed by atoms with van der Waals surface area (Å²) in [6, 6.07) is 3.84. The third-order valence-electron chi connectivity index (χ3n) is 2.41. The van der Waals surface area contributed by atoms with Crippen LogP contribution in [-0.2, 0) is 10.6 Å². The van der Waals surface area contributed by atoms with Gasteiger partial charge in [0.05, 0.1) is 12.2 Å². The van der Waals surface area contributed by atoms with Crippen LogP contribution in [0.4, 0.5) is 0 Å². The van der Waals surface area contributed by atoms with E-state index in [2.05, 4.69) is 0 Å². The molecule has 0 aliphatic carbocycles. The van der Waals surface area contributed by atoms with Crippen LogP contribution < -0.4 is 0 Å². The highest BCUT2D eigenvalue weighted by Crippen LogP contribution is 2.20. The number of alkyl halides is 1. The van der Waals surface area contributed by atoms with Gasteiger partial charge in [0, 0.05) is 5.88 Å². The average molecular weight is 227 g/mol. The summed E-state index contributed by atoms with van der Waals surface area (Å²) >= 11 is 5.79. The van der Waals surface area contributed by atoms with E-state index in [-0.39, 0.29) is 5.97 Å². The Bertz CT molecular complexity index is 372. The van der Waals surface area contributed by atoms with E-state index in [4.69, 9.17) is 16.3 Å². The molecular weight excluding hydrogens is 212 g/mol. The summed E-state index contributed by atoms with van der Waals surface area (Å²) in [6.45, 7) is 5.99. The molecule has 0 aromatic heterocycles. The standard InChI is InChI=1S/C12H15ClO2/c1-4-15-12(14)11-8(2)5-6-10(7-13)9(11)3/h5-6H,4,7H2,1-3H3. The number of ether oxygens (including phenoxy) is 1. The van der Waals surface area contributed by atoms with Crippen LogP contribution in [0, 0.1) is 13.8 Å². The minimum atomic E-state index is -0.264. The van der Waals surface area contributed by atoms with Crippen molar-refractivity contribution in [3.8, 4) is 0 Å². The van der Waals surface area contributed by atoms with Crippen molar-refractivity contribution in [1.82, 2.24) is 0 Å². The molecule has 1 aromatic rings. The van der Waals surface area contributed by atoms with Gasteiger partial charge in [-0.15, -0.1) is 11.6 Å². The van der Waals surface area contributed by atoms with Gasteiger partial charge in [-0.05, 0) is 37.5 Å². The van der Waals surface area contributed by atoms with Gasteiger partial charge in [-0.2, -0.15) is 0 Å². The lowest BCUT2D eigenvalue weighted by molar-refractivity contribution is 0.0524. The van der Waals surface area contributed by atoms with Gasteiger partial charge in [0.2, 0.25) is 0 Å². The summed E-state index contributed by atoms with van der Waals surface area (Å²) in [5, 5.41) is 0. The number of esters is 1. The number of hydrogen-bond donors (Lipinski definition) is 0. The lowest BCUT2D eigenvalue weighted by atomic mass is 9.98. The van der Waals surface area contributed by atoms with E-state index in [1.165, 1.54) is 0 Å². The molecular formula is C12H15ClO2. The number of benzene rings is 1. The van der Waals surface area contributed by atoms with Gasteiger partial charge in [0.15, 0.2) is 0 Å². The van der Waals surface area contributed by atoms with E-state index in [9.17, 15) is 4.79 Å². The minimum Gasteiger partial charge on any atom is -0.462 e. The SMILES string of the molecule is CCOC(=O)c1c(C)ccc(CCl)c1C. The maximum atomic E-state index is 11.7. The molecule has 82 valence electrons. The topological polar surface area (TPSA) is 26.3 Å². The molecule has 0 aliphatic heterocycles. The van der Waals surface area contributed by atoms with Crippen molar-refractivity contribution in [2.75, 3.05) is 6.61 Å². The fourth-order valence-corrected chi connectivity index (χ4v) is 1.84. The molecule has 0 saturated carbocycles. The summed E-state index contributed by atoms with van der Waals surface area (Å²) < 4.78 is 5.01. The van der Waals surface area contributed by atoms with Crippen LogP contribution in [0.15, 0.2) is 12.1 Å². The summed E-state index contributed by atoms with van der Waals surface area (Å²) in [6.07, 6.45) is 0. The fraction of sp³-hybridized carbons (Fsp3) is 0.417. The molecule has 15 heavy (non-hydrogen) atoms. The first kappa shape index (κ1) is 12.1. The highest BCUT2D eigenvalue weighted by atomic mass is 35.5. The first-order valence-corrected chi connectivity index (χ1v) is 5.47. The fourth-order valence-electron chi connectivity index (χ4n) is 1.55. The van der Waals surface area contributed by atoms with Crippen LogP contribution in [0.1, 0.15) is 34.0 Å². The quantitative estimate of drug-likeness (QED) is 0.584. The molecule has 0 N–H and O–H groups in total. The zero-order valence-electron chi connectivity index (χ0n) is 9.26. The third-order valence-corrected chi connectivity index (χ3v) is 2.70. The van der Waals surface area contributed by atoms with Gasteiger partial charge in [0.1, 0.15) is 0 Å². The van der Waals surface area contributed by atoms with Crippen LogP contribution >= 0.6 is 11.6 Å². The Balaban J connectivity index is 3.20. The molecule has 0 fully saturated rings. The van der Waals surface area contributed by atoms with Crippen LogP contribution in [0.2, 0.25) is 0 Å². The summed E-state index contributed by atoms with van der Waals surface area (Å²) in [7, 11) is 0. The Morgan fingerprint density at radius 3 is 2.60 bits per heavy atom. The second kappa shape index (κ2) is 5.17. The number of aryl methyl sites for hydroxylation is 1. The molecule has 0 heterocycles. The number of rotatable bonds is 3. The number of hydrogen-bond acceptors (Lipinski definition) is 2. The van der Waals surface area contributed by atoms with Gasteiger partial charge in [-0.25, -0.2) is 4.79 Å². The minimum absolute atomic E-state index is 0.264. The molecule has 1 aromatic carbocycles. The van der Waals surface area contributed by atoms with E-state index in [0.29, 0.717) is 18.1 Å². The summed E-state index contributed by atoms with van der Waals surface area (Å²) in [4.78, 5) is 11.7. The van der Waals surface area contributed by atoms with Gasteiger partial charge in [0.25, 0.3) is 0 Å². The number of carbonyl (C=O) groups is 1. The molecule has 0 radical (unpaired) electrons. The van der Waals surface area contributed by atoms with E-state index in [0.717, 1.165) is 16.7 Å². The molecule has 0 spiro atoms. The Kier molecular flexibility index (Phi) is 4.15. The predicted molar refractivity (Wildman–Crippen MR) is 61.4 cm³/mol. The van der Waals surface area contributed by atoms with Crippen molar-refractivity contribution < 1.29 is 9.53 Å². The third kappa shape index (κ3) is 2.51. The zero-order valence-corrected chi connectivity index (χ0v) is 10.0. The van der Waals surface area contributed by atoms with Crippen molar-refractivity contribution in [1.29, 1.82) is 0 Å². The molecule has 1 rings (SSSR count). The largest absolute Gasteiger partial charge is 0.462 e. The molecule has 3 heteroatoms. The maximum absolute atomic E-state index is 11.7. The molecule has 0 aliphatic rings. The molecule has 0 bridgehead atoms. The Morgan fingerprint density at radius 1 is 1.40 bits per heavy atom. The lowest BCUT2D eigenvalue weighted by Crippen LogP contribution is -2.10. The molecule has 0 atom stereocenters. The highest BCUT2D eigenvalue weighted by molar-refractivity contribution is 6.17. The molecule has 0 saturated heterocycles. The van der Waals surface area contributed by atoms with Gasteiger partial charge in [-0.1, -0.05) is 12.1 Å². The van der Waals surface area contributed by atoms with E-state index >= 15 is 0 Å². The van der Waals surface area contributed by atoms with Crippen molar-refractivity contribution in [3.63, 3.8) is 0 Å². The van der Waals surface area contributed by atoms with Crippen molar-refractivity contribution >= 4 is 17.6 Å². The number of halogens is 1. The van der Waals surface area contributed by atoms with Crippen molar-refractivity contribution in [3.05, 3.63) is 34.4 Å². The first-order valence-electron chi connectivity index (χ1n) is 4.94. The van der Waals surface area contributed by atoms with Crippen molar-refractivity contribution in [2.45, 2.75) is 26.7 Å². The normalized spacial score (nSPS) is 10.1. The Hall–Kier alpha value is -1.02. The Labute approximate surface area is 95.2 Å². The monoisotopic (exact) mass is 226 g/mol. The smallest absolute Gasteiger partial charge is 0.338 e. The Morgan fingerprint density at radius 2 is 2.07 bits per heavy atom. The number of carbonyl (C=O) groups excluding carboxylic acids is 1. The molecule has 0 amide bonds. The van der Waals surface area contributed by atoms with Gasteiger partial charge in [-0.3, -0.25) is 0 Å². The highest BCUT2D eigenvalue weighted by Gasteiger charge is 2.15. The second-order valence-electron chi connectivity index (χ2n) is 3.40. The van der Waals surface area contributed by atoms with Crippen LogP contribution in [0.25, 0.3) is 0 Å². The molecule has 2 nitrogen and oxygen atoms in total. The average Bonchev–Trinajstić information content (AvgIpc) is 2.18. The van der Waals surface area contributed by atoms with Crippen LogP contribution in [0.3, 0.4) is 0 Å². The first-order chi connectivity index (χ1) is 7.11. The van der Waals surface area contributed by atoms with Crippen LogP contribution in [0.5, 0.6) is 0 Å². The summed E-state index contributed by atoms with van der Waals surface area (Å²) in [5.74, 6) is 0.151. The van der Waals surface area contributed by atoms with E-state index in [1.54, 1.807) is 6.92 Å². The van der Waals surface area contributed by atoms with E-state index < -0.39 is 0 Å². The van der Waals surface area contributed by atoms with Crippen LogP contribution in [-0.4, -0.2) is 12.6 Å². The van der Waals surface area contributed by atoms with E-state index in [1.807, 2.05) is 26.0 Å². The van der Waals surface area contributed by atoms with Crippen molar-refractivity contribution in [2.24, 2.45) is 0 Å². The zero-order chi connectivity index (χ0) is 11.4. The predicted octanol–water partition coefficient (Wildman–Crippen LogP) is 3.22.